The summed E-state index contributed by atoms with van der Waals surface area (Å²) < 4.78 is 5.50. The van der Waals surface area contributed by atoms with Crippen molar-refractivity contribution in [3.05, 3.63) is 46.3 Å². The maximum absolute atomic E-state index is 12.7. The summed E-state index contributed by atoms with van der Waals surface area (Å²) in [5, 5.41) is 11.2. The van der Waals surface area contributed by atoms with E-state index in [2.05, 4.69) is 33.7 Å². The number of hydrogen-bond acceptors (Lipinski definition) is 8. The zero-order valence-electron chi connectivity index (χ0n) is 15.1. The van der Waals surface area contributed by atoms with Gasteiger partial charge in [0.15, 0.2) is 4.34 Å². The Kier molecular flexibility index (Phi) is 5.74. The average molecular weight is 432 g/mol. The van der Waals surface area contributed by atoms with Crippen LogP contribution in [0.1, 0.15) is 27.7 Å². The monoisotopic (exact) mass is 431 g/mol. The molecule has 0 saturated carbocycles. The summed E-state index contributed by atoms with van der Waals surface area (Å²) in [6.45, 7) is 2.12. The van der Waals surface area contributed by atoms with Crippen LogP contribution in [0.25, 0.3) is 10.4 Å². The first-order chi connectivity index (χ1) is 13.6. The lowest BCUT2D eigenvalue weighted by molar-refractivity contribution is -0.139. The molecule has 0 bridgehead atoms. The first-order valence-corrected chi connectivity index (χ1v) is 11.4. The molecule has 1 aliphatic carbocycles. The number of thiophene rings is 1. The summed E-state index contributed by atoms with van der Waals surface area (Å²) >= 11 is 4.00. The van der Waals surface area contributed by atoms with E-state index >= 15 is 0 Å². The Morgan fingerprint density at radius 3 is 2.86 bits per heavy atom. The Morgan fingerprint density at radius 2 is 2.00 bits per heavy atom. The second kappa shape index (κ2) is 8.42. The number of nitrogens with one attached hydrogen (secondary N) is 1. The van der Waals surface area contributed by atoms with Crippen LogP contribution >= 0.6 is 34.4 Å². The van der Waals surface area contributed by atoms with Gasteiger partial charge in [0.2, 0.25) is 5.13 Å². The highest BCUT2D eigenvalue weighted by Crippen LogP contribution is 2.39. The largest absolute Gasteiger partial charge is 0.465 e. The fourth-order valence-corrected chi connectivity index (χ4v) is 5.70. The predicted molar refractivity (Wildman–Crippen MR) is 112 cm³/mol. The number of ether oxygens (including phenoxy) is 1. The van der Waals surface area contributed by atoms with Crippen LogP contribution in [0.15, 0.2) is 34.7 Å². The second-order valence-corrected chi connectivity index (χ2v) is 9.30. The second-order valence-electron chi connectivity index (χ2n) is 6.04. The number of carbonyl (C=O) groups is 2. The molecule has 0 unspecified atom stereocenters. The lowest BCUT2D eigenvalue weighted by atomic mass is 9.91. The Labute approximate surface area is 174 Å². The van der Waals surface area contributed by atoms with E-state index < -0.39 is 0 Å². The van der Waals surface area contributed by atoms with Gasteiger partial charge in [-0.15, -0.1) is 21.5 Å². The summed E-state index contributed by atoms with van der Waals surface area (Å²) in [4.78, 5) is 25.9. The van der Waals surface area contributed by atoms with Crippen LogP contribution in [0.3, 0.4) is 0 Å². The fraction of sp³-hybridized carbons (Fsp3) is 0.263. The number of esters is 1. The van der Waals surface area contributed by atoms with Gasteiger partial charge in [-0.05, 0) is 42.5 Å². The molecule has 3 aromatic rings. The zero-order chi connectivity index (χ0) is 19.5. The molecular weight excluding hydrogens is 414 g/mol. The molecule has 0 saturated heterocycles. The molecule has 1 amide bonds. The Morgan fingerprint density at radius 1 is 1.18 bits per heavy atom. The summed E-state index contributed by atoms with van der Waals surface area (Å²) in [7, 11) is 0. The number of anilines is 1. The van der Waals surface area contributed by atoms with Crippen molar-refractivity contribution < 1.29 is 14.3 Å². The molecule has 6 nitrogen and oxygen atoms in total. The van der Waals surface area contributed by atoms with Gasteiger partial charge in [-0.25, -0.2) is 0 Å². The Balaban J connectivity index is 1.43. The van der Waals surface area contributed by atoms with Crippen molar-refractivity contribution in [2.24, 2.45) is 0 Å². The molecule has 28 heavy (non-hydrogen) atoms. The van der Waals surface area contributed by atoms with Crippen LogP contribution in [-0.2, 0) is 22.4 Å². The molecule has 0 fully saturated rings. The number of hydrogen-bond donors (Lipinski definition) is 1. The van der Waals surface area contributed by atoms with Crippen LogP contribution in [0, 0.1) is 0 Å². The highest BCUT2D eigenvalue weighted by molar-refractivity contribution is 8.01. The lowest BCUT2D eigenvalue weighted by Crippen LogP contribution is -2.09. The molecule has 0 aliphatic heterocycles. The number of nitrogens with zero attached hydrogens (tertiary/aromatic N) is 2. The van der Waals surface area contributed by atoms with Crippen LogP contribution in [0.4, 0.5) is 5.13 Å². The quantitative estimate of drug-likeness (QED) is 0.357. The van der Waals surface area contributed by atoms with Crippen molar-refractivity contribution in [1.82, 2.24) is 10.2 Å². The SMILES string of the molecule is CCOC(=O)CSc1nnc(NC(=O)c2cc3c(s2)-c2ccccc2CC3)s1. The zero-order valence-corrected chi connectivity index (χ0v) is 17.5. The molecule has 1 aliphatic rings. The van der Waals surface area contributed by atoms with Crippen molar-refractivity contribution in [2.45, 2.75) is 24.1 Å². The van der Waals surface area contributed by atoms with Gasteiger partial charge in [-0.2, -0.15) is 0 Å². The van der Waals surface area contributed by atoms with Gasteiger partial charge in [0, 0.05) is 4.88 Å². The lowest BCUT2D eigenvalue weighted by Gasteiger charge is -2.15. The molecule has 4 rings (SSSR count). The van der Waals surface area contributed by atoms with E-state index in [0.717, 1.165) is 12.8 Å². The first-order valence-electron chi connectivity index (χ1n) is 8.78. The highest BCUT2D eigenvalue weighted by Gasteiger charge is 2.22. The number of aryl methyl sites for hydroxylation is 2. The van der Waals surface area contributed by atoms with Gasteiger partial charge in [-0.3, -0.25) is 14.9 Å². The molecule has 144 valence electrons. The van der Waals surface area contributed by atoms with E-state index in [9.17, 15) is 9.59 Å². The van der Waals surface area contributed by atoms with Gasteiger partial charge >= 0.3 is 5.97 Å². The Bertz CT molecular complexity index is 1030. The standard InChI is InChI=1S/C19H17N3O3S3/c1-2-25-15(23)10-26-19-22-21-18(28-19)20-17(24)14-9-12-8-7-11-5-3-4-6-13(11)16(12)27-14/h3-6,9H,2,7-8,10H2,1H3,(H,20,21,24). The highest BCUT2D eigenvalue weighted by atomic mass is 32.2. The molecule has 0 radical (unpaired) electrons. The van der Waals surface area contributed by atoms with Gasteiger partial charge in [0.05, 0.1) is 17.2 Å². The topological polar surface area (TPSA) is 81.2 Å². The van der Waals surface area contributed by atoms with Gasteiger partial charge in [-0.1, -0.05) is 47.4 Å². The van der Waals surface area contributed by atoms with Crippen molar-refractivity contribution in [2.75, 3.05) is 17.7 Å². The van der Waals surface area contributed by atoms with Crippen molar-refractivity contribution in [3.8, 4) is 10.4 Å². The molecule has 0 atom stereocenters. The molecule has 2 aromatic heterocycles. The van der Waals surface area contributed by atoms with Gasteiger partial charge in [0.1, 0.15) is 0 Å². The van der Waals surface area contributed by atoms with E-state index in [4.69, 9.17) is 4.74 Å². The predicted octanol–water partition coefficient (Wildman–Crippen LogP) is 4.27. The third kappa shape index (κ3) is 4.11. The smallest absolute Gasteiger partial charge is 0.316 e. The number of benzene rings is 1. The summed E-state index contributed by atoms with van der Waals surface area (Å²) in [6.07, 6.45) is 1.95. The number of rotatable bonds is 6. The first kappa shape index (κ1) is 19.1. The summed E-state index contributed by atoms with van der Waals surface area (Å²) in [6, 6.07) is 10.3. The molecule has 1 aromatic carbocycles. The van der Waals surface area contributed by atoms with Crippen molar-refractivity contribution in [3.63, 3.8) is 0 Å². The molecule has 0 spiro atoms. The minimum absolute atomic E-state index is 0.174. The average Bonchev–Trinajstić information content (AvgIpc) is 3.33. The molecule has 1 N–H and O–H groups in total. The fourth-order valence-electron chi connectivity index (χ4n) is 2.98. The molecular formula is C19H17N3O3S3. The minimum atomic E-state index is -0.294. The van der Waals surface area contributed by atoms with E-state index in [1.807, 2.05) is 12.1 Å². The van der Waals surface area contributed by atoms with E-state index in [0.29, 0.717) is 21.0 Å². The number of fused-ring (bicyclic) bond motifs is 3. The maximum atomic E-state index is 12.7. The number of amides is 1. The van der Waals surface area contributed by atoms with E-state index in [1.54, 1.807) is 6.92 Å². The summed E-state index contributed by atoms with van der Waals surface area (Å²) in [5.41, 5.74) is 3.77. The van der Waals surface area contributed by atoms with Gasteiger partial charge < -0.3 is 4.74 Å². The third-order valence-corrected chi connectivity index (χ3v) is 7.36. The van der Waals surface area contributed by atoms with Crippen LogP contribution in [0.2, 0.25) is 0 Å². The van der Waals surface area contributed by atoms with Gasteiger partial charge in [0.25, 0.3) is 5.91 Å². The number of thioether (sulfide) groups is 1. The Hall–Kier alpha value is -2.23. The number of carbonyl (C=O) groups excluding carboxylic acids is 2. The molecule has 9 heteroatoms. The third-order valence-electron chi connectivity index (χ3n) is 4.20. The van der Waals surface area contributed by atoms with Crippen LogP contribution < -0.4 is 5.32 Å². The van der Waals surface area contributed by atoms with Crippen LogP contribution in [0.5, 0.6) is 0 Å². The van der Waals surface area contributed by atoms with Crippen molar-refractivity contribution >= 4 is 51.4 Å². The molecule has 2 heterocycles. The number of aromatic nitrogens is 2. The maximum Gasteiger partial charge on any atom is 0.316 e. The van der Waals surface area contributed by atoms with E-state index in [1.165, 1.54) is 56.0 Å². The summed E-state index contributed by atoms with van der Waals surface area (Å²) in [5.74, 6) is -0.305. The van der Waals surface area contributed by atoms with Crippen molar-refractivity contribution in [1.29, 1.82) is 0 Å². The van der Waals surface area contributed by atoms with Crippen LogP contribution in [-0.4, -0.2) is 34.4 Å². The normalized spacial score (nSPS) is 12.2. The minimum Gasteiger partial charge on any atom is -0.465 e. The van der Waals surface area contributed by atoms with E-state index in [-0.39, 0.29) is 17.6 Å².